The van der Waals surface area contributed by atoms with E-state index in [1.165, 1.54) is 24.5 Å². The molecule has 11 heteroatoms. The third-order valence-corrected chi connectivity index (χ3v) is 7.13. The molecule has 1 saturated carbocycles. The average Bonchev–Trinajstić information content (AvgIpc) is 3.51. The zero-order valence-corrected chi connectivity index (χ0v) is 20.2. The lowest BCUT2D eigenvalue weighted by Gasteiger charge is -2.28. The standard InChI is InChI=1S/C24H26FN7O2S/c1-13-3-8-18(25)17(11-13)20(34-2)22(33)28-24-32-31-23(35-24)27-16-6-4-14(5-7-16)19-12-15-9-10-26-21(15)30-29-19/h3,8-12,14,16,20H,4-7H2,1-2H3,(H,26,30)(H,27,31)(H,28,32,33)/t14?,16?,20-/m1/s1. The highest BCUT2D eigenvalue weighted by Crippen LogP contribution is 2.34. The molecule has 0 unspecified atom stereocenters. The molecule has 5 rings (SSSR count). The van der Waals surface area contributed by atoms with Crippen LogP contribution in [0.1, 0.15) is 54.5 Å². The van der Waals surface area contributed by atoms with E-state index in [4.69, 9.17) is 4.74 Å². The normalized spacial score (nSPS) is 18.9. The molecular formula is C24H26FN7O2S. The minimum Gasteiger partial charge on any atom is -0.367 e. The van der Waals surface area contributed by atoms with Crippen LogP contribution in [0.5, 0.6) is 0 Å². The van der Waals surface area contributed by atoms with Crippen LogP contribution in [-0.4, -0.2) is 44.4 Å². The van der Waals surface area contributed by atoms with E-state index >= 15 is 0 Å². The smallest absolute Gasteiger partial charge is 0.260 e. The number of methoxy groups -OCH3 is 1. The van der Waals surface area contributed by atoms with Crippen molar-refractivity contribution in [1.82, 2.24) is 25.4 Å². The Bertz CT molecular complexity index is 1330. The van der Waals surface area contributed by atoms with Gasteiger partial charge in [-0.2, -0.15) is 5.10 Å². The maximum Gasteiger partial charge on any atom is 0.260 e. The second-order valence-electron chi connectivity index (χ2n) is 8.79. The van der Waals surface area contributed by atoms with Crippen molar-refractivity contribution in [2.45, 2.75) is 50.7 Å². The maximum atomic E-state index is 14.3. The van der Waals surface area contributed by atoms with Gasteiger partial charge < -0.3 is 15.0 Å². The van der Waals surface area contributed by atoms with Crippen molar-refractivity contribution >= 4 is 38.5 Å². The molecular weight excluding hydrogens is 469 g/mol. The van der Waals surface area contributed by atoms with Gasteiger partial charge in [-0.05, 0) is 50.8 Å². The van der Waals surface area contributed by atoms with E-state index in [9.17, 15) is 9.18 Å². The average molecular weight is 496 g/mol. The number of H-pyrrole nitrogens is 1. The number of halogens is 1. The fraction of sp³-hybridized carbons (Fsp3) is 0.375. The number of nitrogens with zero attached hydrogens (tertiary/aromatic N) is 4. The molecule has 3 N–H and O–H groups in total. The van der Waals surface area contributed by atoms with E-state index in [0.717, 1.165) is 48.0 Å². The number of rotatable bonds is 7. The highest BCUT2D eigenvalue weighted by molar-refractivity contribution is 7.19. The summed E-state index contributed by atoms with van der Waals surface area (Å²) in [4.78, 5) is 15.8. The molecule has 3 aromatic heterocycles. The van der Waals surface area contributed by atoms with Crippen LogP contribution in [0.15, 0.2) is 36.5 Å². The van der Waals surface area contributed by atoms with Crippen LogP contribution >= 0.6 is 11.3 Å². The fourth-order valence-corrected chi connectivity index (χ4v) is 5.25. The summed E-state index contributed by atoms with van der Waals surface area (Å²) in [6.45, 7) is 1.83. The number of nitrogens with one attached hydrogen (secondary N) is 3. The van der Waals surface area contributed by atoms with Gasteiger partial charge in [-0.3, -0.25) is 10.1 Å². The van der Waals surface area contributed by atoms with Gasteiger partial charge in [-0.15, -0.1) is 15.3 Å². The van der Waals surface area contributed by atoms with Crippen molar-refractivity contribution in [1.29, 1.82) is 0 Å². The zero-order valence-electron chi connectivity index (χ0n) is 19.4. The number of aromatic nitrogens is 5. The third kappa shape index (κ3) is 5.15. The summed E-state index contributed by atoms with van der Waals surface area (Å²) in [6, 6.07) is 8.98. The van der Waals surface area contributed by atoms with E-state index in [2.05, 4.69) is 42.1 Å². The molecule has 3 heterocycles. The van der Waals surface area contributed by atoms with Crippen LogP contribution in [0.25, 0.3) is 11.0 Å². The van der Waals surface area contributed by atoms with E-state index < -0.39 is 17.8 Å². The first-order chi connectivity index (χ1) is 17.0. The minimum atomic E-state index is -1.08. The zero-order chi connectivity index (χ0) is 24.4. The Morgan fingerprint density at radius 3 is 2.71 bits per heavy atom. The second kappa shape index (κ2) is 10.0. The summed E-state index contributed by atoms with van der Waals surface area (Å²) >= 11 is 1.24. The van der Waals surface area contributed by atoms with Gasteiger partial charge in [0, 0.05) is 36.2 Å². The molecule has 35 heavy (non-hydrogen) atoms. The van der Waals surface area contributed by atoms with Gasteiger partial charge in [0.05, 0.1) is 5.69 Å². The van der Waals surface area contributed by atoms with Gasteiger partial charge in [0.25, 0.3) is 5.91 Å². The summed E-state index contributed by atoms with van der Waals surface area (Å²) < 4.78 is 19.5. The van der Waals surface area contributed by atoms with Crippen LogP contribution < -0.4 is 10.6 Å². The van der Waals surface area contributed by atoms with Crippen molar-refractivity contribution in [3.63, 3.8) is 0 Å². The number of fused-ring (bicyclic) bond motifs is 1. The lowest BCUT2D eigenvalue weighted by Crippen LogP contribution is -2.25. The lowest BCUT2D eigenvalue weighted by molar-refractivity contribution is -0.126. The van der Waals surface area contributed by atoms with Gasteiger partial charge in [-0.1, -0.05) is 29.0 Å². The predicted octanol–water partition coefficient (Wildman–Crippen LogP) is 4.72. The quantitative estimate of drug-likeness (QED) is 0.339. The van der Waals surface area contributed by atoms with Crippen LogP contribution in [0.4, 0.5) is 14.7 Å². The molecule has 1 aromatic carbocycles. The van der Waals surface area contributed by atoms with Gasteiger partial charge in [-0.25, -0.2) is 4.39 Å². The van der Waals surface area contributed by atoms with Gasteiger partial charge >= 0.3 is 0 Å². The molecule has 1 aliphatic carbocycles. The fourth-order valence-electron chi connectivity index (χ4n) is 4.52. The first kappa shape index (κ1) is 23.3. The Hall–Kier alpha value is -3.44. The predicted molar refractivity (Wildman–Crippen MR) is 132 cm³/mol. The number of amides is 1. The molecule has 1 atom stereocenters. The summed E-state index contributed by atoms with van der Waals surface area (Å²) in [7, 11) is 1.37. The Morgan fingerprint density at radius 2 is 1.91 bits per heavy atom. The Balaban J connectivity index is 1.16. The molecule has 0 aliphatic heterocycles. The lowest BCUT2D eigenvalue weighted by atomic mass is 9.84. The number of carbonyl (C=O) groups excluding carboxylic acids is 1. The largest absolute Gasteiger partial charge is 0.367 e. The SMILES string of the molecule is CO[C@@H](C(=O)Nc1nnc(NC2CCC(c3cc4cc[nH]c4nn3)CC2)s1)c1cc(C)ccc1F. The Morgan fingerprint density at radius 1 is 1.11 bits per heavy atom. The number of ether oxygens (including phenoxy) is 1. The highest BCUT2D eigenvalue weighted by Gasteiger charge is 2.26. The van der Waals surface area contributed by atoms with Crippen LogP contribution in [0.2, 0.25) is 0 Å². The summed E-state index contributed by atoms with van der Waals surface area (Å²) in [5.41, 5.74) is 2.87. The molecule has 0 saturated heterocycles. The van der Waals surface area contributed by atoms with Crippen molar-refractivity contribution in [3.8, 4) is 0 Å². The molecule has 4 aromatic rings. The van der Waals surface area contributed by atoms with E-state index in [1.807, 2.05) is 19.2 Å². The van der Waals surface area contributed by atoms with Crippen molar-refractivity contribution in [2.24, 2.45) is 0 Å². The van der Waals surface area contributed by atoms with Crippen molar-refractivity contribution in [2.75, 3.05) is 17.7 Å². The Kier molecular flexibility index (Phi) is 6.69. The summed E-state index contributed by atoms with van der Waals surface area (Å²) in [5.74, 6) is -0.607. The molecule has 9 nitrogen and oxygen atoms in total. The first-order valence-electron chi connectivity index (χ1n) is 11.5. The number of aromatic amines is 1. The van der Waals surface area contributed by atoms with Crippen molar-refractivity contribution < 1.29 is 13.9 Å². The molecule has 182 valence electrons. The van der Waals surface area contributed by atoms with E-state index in [-0.39, 0.29) is 11.6 Å². The number of hydrogen-bond acceptors (Lipinski definition) is 8. The molecule has 1 amide bonds. The molecule has 1 aliphatic rings. The monoisotopic (exact) mass is 495 g/mol. The molecule has 0 bridgehead atoms. The topological polar surface area (TPSA) is 118 Å². The number of aryl methyl sites for hydroxylation is 1. The summed E-state index contributed by atoms with van der Waals surface area (Å²) in [6.07, 6.45) is 4.73. The molecule has 1 fully saturated rings. The number of anilines is 2. The number of hydrogen-bond donors (Lipinski definition) is 3. The van der Waals surface area contributed by atoms with Crippen molar-refractivity contribution in [3.05, 3.63) is 59.2 Å². The van der Waals surface area contributed by atoms with Crippen LogP contribution in [-0.2, 0) is 9.53 Å². The number of carbonyl (C=O) groups is 1. The van der Waals surface area contributed by atoms with Gasteiger partial charge in [0.1, 0.15) is 5.82 Å². The Labute approximate surface area is 205 Å². The molecule has 0 radical (unpaired) electrons. The second-order valence-corrected chi connectivity index (χ2v) is 9.76. The van der Waals surface area contributed by atoms with Crippen LogP contribution in [0.3, 0.4) is 0 Å². The first-order valence-corrected chi connectivity index (χ1v) is 12.3. The maximum absolute atomic E-state index is 14.3. The van der Waals surface area contributed by atoms with Gasteiger partial charge in [0.2, 0.25) is 10.3 Å². The third-order valence-electron chi connectivity index (χ3n) is 6.36. The van der Waals surface area contributed by atoms with E-state index in [1.54, 1.807) is 12.1 Å². The van der Waals surface area contributed by atoms with E-state index in [0.29, 0.717) is 16.2 Å². The summed E-state index contributed by atoms with van der Waals surface area (Å²) in [5, 5.41) is 25.1. The highest BCUT2D eigenvalue weighted by atomic mass is 32.1. The van der Waals surface area contributed by atoms with Gasteiger partial charge in [0.15, 0.2) is 11.8 Å². The minimum absolute atomic E-state index is 0.185. The van der Waals surface area contributed by atoms with Crippen LogP contribution in [0, 0.1) is 12.7 Å². The number of benzene rings is 1. The molecule has 0 spiro atoms.